The third-order valence-corrected chi connectivity index (χ3v) is 6.43. The highest BCUT2D eigenvalue weighted by atomic mass is 31.2. The highest BCUT2D eigenvalue weighted by molar-refractivity contribution is 7.42. The Balaban J connectivity index is 2.63. The van der Waals surface area contributed by atoms with Crippen molar-refractivity contribution in [2.24, 2.45) is 0 Å². The van der Waals surface area contributed by atoms with Crippen LogP contribution in [0.25, 0.3) is 0 Å². The first-order chi connectivity index (χ1) is 14.9. The van der Waals surface area contributed by atoms with E-state index in [1.807, 2.05) is 36.4 Å². The Morgan fingerprint density at radius 2 is 0.758 bits per heavy atom. The lowest BCUT2D eigenvalue weighted by molar-refractivity contribution is -0.0161. The predicted octanol–water partition coefficient (Wildman–Crippen LogP) is 9.46. The van der Waals surface area contributed by atoms with Gasteiger partial charge in [0.1, 0.15) is 11.5 Å². The molecule has 0 spiro atoms. The smallest absolute Gasteiger partial charge is 0.415 e. The van der Waals surface area contributed by atoms with Gasteiger partial charge in [0.2, 0.25) is 0 Å². The number of halogens is 1. The van der Waals surface area contributed by atoms with E-state index in [1.54, 1.807) is 0 Å². The molecule has 184 valence electrons. The first-order valence-electron chi connectivity index (χ1n) is 11.6. The van der Waals surface area contributed by atoms with Crippen LogP contribution in [0.4, 0.5) is 4.53 Å². The van der Waals surface area contributed by atoms with Crippen LogP contribution in [0, 0.1) is 0 Å². The second kappa shape index (κ2) is 9.55. The van der Waals surface area contributed by atoms with Gasteiger partial charge in [0.05, 0.1) is 0 Å². The maximum Gasteiger partial charge on any atom is 0.497 e. The predicted molar refractivity (Wildman–Crippen MR) is 138 cm³/mol. The second-order valence-electron chi connectivity index (χ2n) is 12.8. The fourth-order valence-corrected chi connectivity index (χ4v) is 4.61. The first kappa shape index (κ1) is 27.6. The summed E-state index contributed by atoms with van der Waals surface area (Å²) in [5.41, 5.74) is 3.15. The van der Waals surface area contributed by atoms with Crippen LogP contribution < -0.4 is 9.05 Å². The molecular formula is C28H42FO3P. The van der Waals surface area contributed by atoms with Crippen molar-refractivity contribution in [2.45, 2.75) is 105 Å². The van der Waals surface area contributed by atoms with Crippen LogP contribution in [0.15, 0.2) is 36.4 Å². The Morgan fingerprint density at radius 3 is 0.939 bits per heavy atom. The van der Waals surface area contributed by atoms with Crippen molar-refractivity contribution in [1.82, 2.24) is 0 Å². The van der Waals surface area contributed by atoms with Gasteiger partial charge in [0.25, 0.3) is 0 Å². The zero-order valence-corrected chi connectivity index (χ0v) is 23.4. The fraction of sp³-hybridized carbons (Fsp3) is 0.571. The van der Waals surface area contributed by atoms with Gasteiger partial charge in [-0.2, -0.15) is 0 Å². The minimum absolute atomic E-state index is 0.201. The van der Waals surface area contributed by atoms with Crippen LogP contribution in [0.3, 0.4) is 0 Å². The molecule has 2 rings (SSSR count). The minimum atomic E-state index is -2.33. The van der Waals surface area contributed by atoms with E-state index in [0.29, 0.717) is 11.5 Å². The molecule has 0 aromatic heterocycles. The van der Waals surface area contributed by atoms with Crippen molar-refractivity contribution >= 4 is 8.60 Å². The van der Waals surface area contributed by atoms with E-state index in [0.717, 1.165) is 22.3 Å². The largest absolute Gasteiger partial charge is 0.497 e. The molecule has 0 aliphatic rings. The van der Waals surface area contributed by atoms with Crippen LogP contribution in [-0.4, -0.2) is 0 Å². The molecule has 0 N–H and O–H groups in total. The topological polar surface area (TPSA) is 27.7 Å². The molecule has 5 heteroatoms. The Kier molecular flexibility index (Phi) is 7.98. The molecule has 0 unspecified atom stereocenters. The summed E-state index contributed by atoms with van der Waals surface area (Å²) in [6.07, 6.45) is 0. The lowest BCUT2D eigenvalue weighted by atomic mass is 9.79. The highest BCUT2D eigenvalue weighted by Crippen LogP contribution is 2.51. The van der Waals surface area contributed by atoms with E-state index in [2.05, 4.69) is 87.8 Å². The second-order valence-corrected chi connectivity index (χ2v) is 13.8. The molecule has 0 saturated heterocycles. The number of hydrogen-bond donors (Lipinski definition) is 0. The first-order valence-corrected chi connectivity index (χ1v) is 12.7. The van der Waals surface area contributed by atoms with Gasteiger partial charge in [-0.3, -0.25) is 0 Å². The molecule has 0 fully saturated rings. The monoisotopic (exact) mass is 476 g/mol. The van der Waals surface area contributed by atoms with E-state index in [9.17, 15) is 4.53 Å². The van der Waals surface area contributed by atoms with Crippen molar-refractivity contribution in [3.05, 3.63) is 58.7 Å². The van der Waals surface area contributed by atoms with Crippen LogP contribution in [0.2, 0.25) is 0 Å². The summed E-state index contributed by atoms with van der Waals surface area (Å²) in [6.45, 7) is 25.4. The maximum absolute atomic E-state index is 14.0. The van der Waals surface area contributed by atoms with Crippen molar-refractivity contribution in [3.63, 3.8) is 0 Å². The van der Waals surface area contributed by atoms with Crippen LogP contribution in [-0.2, 0) is 26.4 Å². The average molecular weight is 477 g/mol. The summed E-state index contributed by atoms with van der Waals surface area (Å²) >= 11 is 0. The van der Waals surface area contributed by atoms with Crippen LogP contribution in [0.5, 0.6) is 11.5 Å². The van der Waals surface area contributed by atoms with Crippen molar-refractivity contribution in [3.8, 4) is 11.5 Å². The average Bonchev–Trinajstić information content (AvgIpc) is 2.64. The lowest BCUT2D eigenvalue weighted by Crippen LogP contribution is -2.20. The summed E-state index contributed by atoms with van der Waals surface area (Å²) in [4.78, 5) is 0. The Hall–Kier alpha value is -1.64. The van der Waals surface area contributed by atoms with Crippen molar-refractivity contribution in [1.29, 1.82) is 0 Å². The van der Waals surface area contributed by atoms with Gasteiger partial charge in [0, 0.05) is 22.3 Å². The summed E-state index contributed by atoms with van der Waals surface area (Å²) in [7, 11) is -2.33. The van der Waals surface area contributed by atoms with E-state index >= 15 is 0 Å². The molecule has 0 bridgehead atoms. The molecule has 0 radical (unpaired) electrons. The van der Waals surface area contributed by atoms with Crippen molar-refractivity contribution < 1.29 is 18.3 Å². The maximum atomic E-state index is 14.0. The molecule has 0 atom stereocenters. The summed E-state index contributed by atoms with van der Waals surface area (Å²) in [5.74, 6) is 1.26. The van der Waals surface area contributed by atoms with Gasteiger partial charge in [0.15, 0.2) is 0 Å². The van der Waals surface area contributed by atoms with E-state index in [-0.39, 0.29) is 21.7 Å². The summed E-state index contributed by atoms with van der Waals surface area (Å²) < 4.78 is 30.9. The van der Waals surface area contributed by atoms with E-state index in [1.165, 1.54) is 0 Å². The molecule has 0 heterocycles. The SMILES string of the molecule is CC(C)(C)c1cccc(C(C)(C)C)c1OP(OF)Oc1c(C(C)(C)C)cccc1C(C)(C)C. The van der Waals surface area contributed by atoms with Gasteiger partial charge in [-0.1, -0.05) is 124 Å². The number of para-hydroxylation sites is 2. The number of benzene rings is 2. The summed E-state index contributed by atoms with van der Waals surface area (Å²) in [5, 5.41) is 0. The molecule has 0 aliphatic heterocycles. The normalized spacial score (nSPS) is 13.4. The van der Waals surface area contributed by atoms with Gasteiger partial charge in [-0.25, -0.2) is 0 Å². The molecule has 0 amide bonds. The van der Waals surface area contributed by atoms with Crippen LogP contribution >= 0.6 is 8.60 Å². The Bertz CT molecular complexity index is 815. The number of rotatable bonds is 5. The Labute approximate surface area is 201 Å². The molecule has 0 aliphatic carbocycles. The minimum Gasteiger partial charge on any atom is -0.415 e. The lowest BCUT2D eigenvalue weighted by Gasteiger charge is -2.32. The Morgan fingerprint density at radius 1 is 0.515 bits per heavy atom. The molecule has 0 saturated carbocycles. The highest BCUT2D eigenvalue weighted by Gasteiger charge is 2.34. The third-order valence-electron chi connectivity index (χ3n) is 5.65. The van der Waals surface area contributed by atoms with Gasteiger partial charge in [-0.15, -0.1) is 0 Å². The van der Waals surface area contributed by atoms with Gasteiger partial charge >= 0.3 is 8.60 Å². The van der Waals surface area contributed by atoms with E-state index < -0.39 is 8.60 Å². The molecule has 2 aromatic carbocycles. The summed E-state index contributed by atoms with van der Waals surface area (Å²) in [6, 6.07) is 12.2. The van der Waals surface area contributed by atoms with E-state index in [4.69, 9.17) is 9.05 Å². The van der Waals surface area contributed by atoms with Crippen molar-refractivity contribution in [2.75, 3.05) is 0 Å². The van der Waals surface area contributed by atoms with Gasteiger partial charge < -0.3 is 9.05 Å². The fourth-order valence-electron chi connectivity index (χ4n) is 3.83. The van der Waals surface area contributed by atoms with Gasteiger partial charge in [-0.05, 0) is 26.2 Å². The quantitative estimate of drug-likeness (QED) is 0.402. The molecule has 2 aromatic rings. The molecule has 3 nitrogen and oxygen atoms in total. The zero-order chi connectivity index (χ0) is 25.4. The zero-order valence-electron chi connectivity index (χ0n) is 22.5. The standard InChI is InChI=1S/C28H42FO3P/c1-25(2,3)19-15-13-16-20(26(4,5)6)23(19)30-33(32-29)31-24-21(27(7,8)9)17-14-18-22(24)28(10,11)12/h13-18H,1-12H3. The molecular weight excluding hydrogens is 434 g/mol. The molecule has 33 heavy (non-hydrogen) atoms. The third kappa shape index (κ3) is 6.70. The van der Waals surface area contributed by atoms with Crippen LogP contribution in [0.1, 0.15) is 105 Å². The number of hydrogen-bond acceptors (Lipinski definition) is 3.